The molecule has 0 fully saturated rings. The highest BCUT2D eigenvalue weighted by Crippen LogP contribution is 2.22. The number of ketones is 2. The van der Waals surface area contributed by atoms with E-state index in [2.05, 4.69) is 20.9 Å². The summed E-state index contributed by atoms with van der Waals surface area (Å²) in [7, 11) is 0. The number of aromatic nitrogens is 1. The van der Waals surface area contributed by atoms with Crippen molar-refractivity contribution in [3.8, 4) is 0 Å². The molecule has 126 valence electrons. The number of Topliss-reactive ketones (excluding diaryl/α,β-unsaturated/α-hetero) is 2. The van der Waals surface area contributed by atoms with Crippen molar-refractivity contribution in [1.29, 1.82) is 0 Å². The molecule has 1 aromatic heterocycles. The van der Waals surface area contributed by atoms with Gasteiger partial charge in [0, 0.05) is 15.7 Å². The molecule has 6 heteroatoms. The number of esters is 1. The zero-order valence-corrected chi connectivity index (χ0v) is 15.5. The lowest BCUT2D eigenvalue weighted by Crippen LogP contribution is -2.25. The molecule has 1 N–H and O–H groups in total. The molecule has 0 spiro atoms. The number of hydrogen-bond acceptors (Lipinski definition) is 4. The monoisotopic (exact) mass is 391 g/mol. The predicted molar refractivity (Wildman–Crippen MR) is 93.6 cm³/mol. The minimum Gasteiger partial charge on any atom is -0.451 e. The Hall–Kier alpha value is -2.21. The maximum Gasteiger partial charge on any atom is 0.339 e. The van der Waals surface area contributed by atoms with Crippen molar-refractivity contribution < 1.29 is 19.1 Å². The van der Waals surface area contributed by atoms with Crippen LogP contribution in [-0.2, 0) is 4.74 Å². The van der Waals surface area contributed by atoms with Gasteiger partial charge in [0.2, 0.25) is 5.78 Å². The van der Waals surface area contributed by atoms with Crippen molar-refractivity contribution in [3.63, 3.8) is 0 Å². The number of H-pyrrole nitrogens is 1. The van der Waals surface area contributed by atoms with E-state index in [1.54, 1.807) is 38.1 Å². The van der Waals surface area contributed by atoms with E-state index < -0.39 is 12.1 Å². The topological polar surface area (TPSA) is 76.2 Å². The number of hydrogen-bond donors (Lipinski definition) is 1. The quantitative estimate of drug-likeness (QED) is 0.616. The lowest BCUT2D eigenvalue weighted by atomic mass is 10.0. The number of benzene rings is 1. The van der Waals surface area contributed by atoms with Crippen LogP contribution in [0.4, 0.5) is 0 Å². The van der Waals surface area contributed by atoms with Crippen molar-refractivity contribution in [2.24, 2.45) is 0 Å². The van der Waals surface area contributed by atoms with Gasteiger partial charge in [-0.15, -0.1) is 0 Å². The Morgan fingerprint density at radius 2 is 1.79 bits per heavy atom. The number of aryl methyl sites for hydroxylation is 1. The SMILES string of the molecule is CC(=O)c1c(C)[nH]c(C(=O)[C@H](C)OC(=O)c2ccccc2Br)c1C. The van der Waals surface area contributed by atoms with Gasteiger partial charge in [-0.2, -0.15) is 0 Å². The molecule has 0 aliphatic rings. The van der Waals surface area contributed by atoms with Crippen LogP contribution in [0.3, 0.4) is 0 Å². The highest BCUT2D eigenvalue weighted by Gasteiger charge is 2.26. The number of halogens is 1. The molecule has 0 aliphatic carbocycles. The molecule has 5 nitrogen and oxygen atoms in total. The van der Waals surface area contributed by atoms with E-state index in [1.807, 2.05) is 0 Å². The summed E-state index contributed by atoms with van der Waals surface area (Å²) in [5, 5.41) is 0. The van der Waals surface area contributed by atoms with Gasteiger partial charge in [-0.3, -0.25) is 9.59 Å². The summed E-state index contributed by atoms with van der Waals surface area (Å²) in [6.07, 6.45) is -0.971. The third kappa shape index (κ3) is 3.48. The molecule has 2 aromatic rings. The van der Waals surface area contributed by atoms with Gasteiger partial charge in [0.25, 0.3) is 0 Å². The first-order valence-electron chi connectivity index (χ1n) is 7.43. The number of rotatable bonds is 5. The van der Waals surface area contributed by atoms with E-state index in [1.165, 1.54) is 13.8 Å². The van der Waals surface area contributed by atoms with Crippen LogP contribution in [0.5, 0.6) is 0 Å². The molecule has 1 heterocycles. The highest BCUT2D eigenvalue weighted by atomic mass is 79.9. The summed E-state index contributed by atoms with van der Waals surface area (Å²) in [5.74, 6) is -1.07. The van der Waals surface area contributed by atoms with Gasteiger partial charge in [-0.05, 0) is 61.3 Å². The van der Waals surface area contributed by atoms with Crippen LogP contribution >= 0.6 is 15.9 Å². The first kappa shape index (κ1) is 18.1. The van der Waals surface area contributed by atoms with Crippen molar-refractivity contribution in [2.45, 2.75) is 33.8 Å². The molecule has 1 atom stereocenters. The smallest absolute Gasteiger partial charge is 0.339 e. The maximum absolute atomic E-state index is 12.6. The second kappa shape index (κ2) is 7.13. The van der Waals surface area contributed by atoms with Crippen LogP contribution in [0.25, 0.3) is 0 Å². The molecule has 0 aliphatic heterocycles. The summed E-state index contributed by atoms with van der Waals surface area (Å²) >= 11 is 3.28. The van der Waals surface area contributed by atoms with Gasteiger partial charge in [-0.1, -0.05) is 12.1 Å². The van der Waals surface area contributed by atoms with E-state index in [0.717, 1.165) is 0 Å². The van der Waals surface area contributed by atoms with E-state index in [4.69, 9.17) is 4.74 Å². The van der Waals surface area contributed by atoms with E-state index >= 15 is 0 Å². The van der Waals surface area contributed by atoms with Gasteiger partial charge in [0.1, 0.15) is 0 Å². The third-order valence-corrected chi connectivity index (χ3v) is 4.47. The predicted octanol–water partition coefficient (Wildman–Crippen LogP) is 4.02. The fraction of sp³-hybridized carbons (Fsp3) is 0.278. The van der Waals surface area contributed by atoms with Crippen molar-refractivity contribution in [3.05, 3.63) is 56.8 Å². The van der Waals surface area contributed by atoms with Crippen LogP contribution in [0.2, 0.25) is 0 Å². The zero-order chi connectivity index (χ0) is 18.0. The third-order valence-electron chi connectivity index (χ3n) is 3.78. The van der Waals surface area contributed by atoms with Crippen LogP contribution in [0, 0.1) is 13.8 Å². The molecule has 2 rings (SSSR count). The number of nitrogens with one attached hydrogen (secondary N) is 1. The Kier molecular flexibility index (Phi) is 5.39. The van der Waals surface area contributed by atoms with Crippen LogP contribution in [-0.4, -0.2) is 28.6 Å². The normalized spacial score (nSPS) is 11.9. The molecule has 0 amide bonds. The first-order valence-corrected chi connectivity index (χ1v) is 8.23. The van der Waals surface area contributed by atoms with Crippen molar-refractivity contribution in [1.82, 2.24) is 4.98 Å². The highest BCUT2D eigenvalue weighted by molar-refractivity contribution is 9.10. The van der Waals surface area contributed by atoms with Crippen LogP contribution in [0.15, 0.2) is 28.7 Å². The molecular formula is C18H18BrNO4. The zero-order valence-electron chi connectivity index (χ0n) is 13.9. The lowest BCUT2D eigenvalue weighted by molar-refractivity contribution is 0.0316. The second-order valence-electron chi connectivity index (χ2n) is 5.57. The largest absolute Gasteiger partial charge is 0.451 e. The fourth-order valence-corrected chi connectivity index (χ4v) is 3.08. The molecule has 0 unspecified atom stereocenters. The molecule has 1 aromatic carbocycles. The van der Waals surface area contributed by atoms with E-state index in [9.17, 15) is 14.4 Å². The molecule has 24 heavy (non-hydrogen) atoms. The average Bonchev–Trinajstić information content (AvgIpc) is 2.81. The van der Waals surface area contributed by atoms with Crippen molar-refractivity contribution in [2.75, 3.05) is 0 Å². The minimum absolute atomic E-state index is 0.113. The molecule has 0 saturated carbocycles. The number of carbonyl (C=O) groups excluding carboxylic acids is 3. The Bertz CT molecular complexity index is 822. The van der Waals surface area contributed by atoms with E-state index in [0.29, 0.717) is 32.6 Å². The first-order chi connectivity index (χ1) is 11.2. The van der Waals surface area contributed by atoms with Gasteiger partial charge < -0.3 is 9.72 Å². The molecule has 0 radical (unpaired) electrons. The van der Waals surface area contributed by atoms with E-state index in [-0.39, 0.29) is 11.6 Å². The standard InChI is InChI=1S/C18H18BrNO4/c1-9-15(11(3)21)10(2)20-16(9)17(22)12(4)24-18(23)13-7-5-6-8-14(13)19/h5-8,12,20H,1-4H3/t12-/m0/s1. The van der Waals surface area contributed by atoms with Crippen molar-refractivity contribution >= 4 is 33.5 Å². The summed E-state index contributed by atoms with van der Waals surface area (Å²) in [4.78, 5) is 39.4. The van der Waals surface area contributed by atoms with Crippen LogP contribution in [0.1, 0.15) is 56.3 Å². The molecular weight excluding hydrogens is 374 g/mol. The summed E-state index contributed by atoms with van der Waals surface area (Å²) in [5.41, 5.74) is 2.36. The Morgan fingerprint density at radius 3 is 2.33 bits per heavy atom. The summed E-state index contributed by atoms with van der Waals surface area (Å²) in [6.45, 7) is 6.40. The lowest BCUT2D eigenvalue weighted by Gasteiger charge is -2.13. The summed E-state index contributed by atoms with van der Waals surface area (Å²) < 4.78 is 5.87. The fourth-order valence-electron chi connectivity index (χ4n) is 2.63. The second-order valence-corrected chi connectivity index (χ2v) is 6.43. The van der Waals surface area contributed by atoms with Gasteiger partial charge >= 0.3 is 5.97 Å². The number of ether oxygens (including phenoxy) is 1. The van der Waals surface area contributed by atoms with Crippen LogP contribution < -0.4 is 0 Å². The Balaban J connectivity index is 2.22. The molecule has 0 bridgehead atoms. The minimum atomic E-state index is -0.971. The number of aromatic amines is 1. The molecule has 0 saturated heterocycles. The van der Waals surface area contributed by atoms with Gasteiger partial charge in [0.15, 0.2) is 11.9 Å². The average molecular weight is 392 g/mol. The Labute approximate surface area is 148 Å². The summed E-state index contributed by atoms with van der Waals surface area (Å²) in [6, 6.07) is 6.83. The maximum atomic E-state index is 12.6. The number of carbonyl (C=O) groups is 3. The Morgan fingerprint density at radius 1 is 1.17 bits per heavy atom. The van der Waals surface area contributed by atoms with Gasteiger partial charge in [-0.25, -0.2) is 4.79 Å². The van der Waals surface area contributed by atoms with Gasteiger partial charge in [0.05, 0.1) is 11.3 Å².